The molecule has 15 heavy (non-hydrogen) atoms. The Morgan fingerprint density at radius 1 is 1.33 bits per heavy atom. The fraction of sp³-hybridized carbons (Fsp3) is 0.923. The second-order valence-corrected chi connectivity index (χ2v) is 6.40. The zero-order valence-electron chi connectivity index (χ0n) is 10.2. The van der Waals surface area contributed by atoms with E-state index in [1.807, 2.05) is 0 Å². The third kappa shape index (κ3) is 1.47. The molecule has 3 unspecified atom stereocenters. The van der Waals surface area contributed by atoms with Crippen LogP contribution >= 0.6 is 0 Å². The summed E-state index contributed by atoms with van der Waals surface area (Å²) < 4.78 is 0. The first-order valence-corrected chi connectivity index (χ1v) is 5.98. The number of hydrogen-bond donors (Lipinski definition) is 0. The summed E-state index contributed by atoms with van der Waals surface area (Å²) in [5, 5.41) is 0. The van der Waals surface area contributed by atoms with E-state index in [-0.39, 0.29) is 5.54 Å². The maximum atomic E-state index is 10.5. The zero-order valence-corrected chi connectivity index (χ0v) is 10.2. The van der Waals surface area contributed by atoms with Crippen molar-refractivity contribution < 1.29 is 4.79 Å². The van der Waals surface area contributed by atoms with E-state index in [0.717, 1.165) is 11.8 Å². The van der Waals surface area contributed by atoms with Gasteiger partial charge in [-0.3, -0.25) is 0 Å². The Labute approximate surface area is 92.2 Å². The van der Waals surface area contributed by atoms with Crippen LogP contribution in [0.15, 0.2) is 4.99 Å². The number of hydrogen-bond acceptors (Lipinski definition) is 2. The monoisotopic (exact) mass is 207 g/mol. The Balaban J connectivity index is 2.21. The lowest BCUT2D eigenvalue weighted by atomic mass is 9.43. The average molecular weight is 207 g/mol. The van der Waals surface area contributed by atoms with Crippen molar-refractivity contribution in [2.45, 2.75) is 52.5 Å². The van der Waals surface area contributed by atoms with Gasteiger partial charge in [0.1, 0.15) is 0 Å². The molecule has 2 bridgehead atoms. The van der Waals surface area contributed by atoms with Crippen LogP contribution in [0.3, 0.4) is 0 Å². The standard InChI is InChI=1S/C13H21NO/c1-12(2)9-5-6-10(11(12)7-9)13(3,4)14-8-15/h9-11H,5-7H2,1-4H3. The van der Waals surface area contributed by atoms with Gasteiger partial charge in [0.05, 0.1) is 5.54 Å². The second-order valence-electron chi connectivity index (χ2n) is 6.40. The largest absolute Gasteiger partial charge is 0.235 e. The molecule has 0 N–H and O–H groups in total. The van der Waals surface area contributed by atoms with Gasteiger partial charge >= 0.3 is 0 Å². The van der Waals surface area contributed by atoms with E-state index >= 15 is 0 Å². The minimum absolute atomic E-state index is 0.213. The van der Waals surface area contributed by atoms with E-state index in [9.17, 15) is 4.79 Å². The molecule has 0 aliphatic heterocycles. The van der Waals surface area contributed by atoms with Gasteiger partial charge in [-0.2, -0.15) is 4.99 Å². The Morgan fingerprint density at radius 2 is 2.00 bits per heavy atom. The minimum atomic E-state index is -0.213. The van der Waals surface area contributed by atoms with E-state index in [0.29, 0.717) is 11.3 Å². The third-order valence-electron chi connectivity index (χ3n) is 5.10. The van der Waals surface area contributed by atoms with Gasteiger partial charge in [-0.05, 0) is 56.3 Å². The molecule has 0 aromatic rings. The highest BCUT2D eigenvalue weighted by molar-refractivity contribution is 5.35. The molecule has 3 aliphatic rings. The molecule has 84 valence electrons. The predicted octanol–water partition coefficient (Wildman–Crippen LogP) is 3.17. The molecule has 0 spiro atoms. The third-order valence-corrected chi connectivity index (χ3v) is 5.10. The number of isocyanates is 1. The molecule has 0 aromatic carbocycles. The van der Waals surface area contributed by atoms with E-state index in [1.165, 1.54) is 19.3 Å². The molecule has 0 saturated heterocycles. The topological polar surface area (TPSA) is 29.4 Å². The Bertz CT molecular complexity index is 310. The number of rotatable bonds is 2. The Morgan fingerprint density at radius 3 is 2.47 bits per heavy atom. The quantitative estimate of drug-likeness (QED) is 0.505. The summed E-state index contributed by atoms with van der Waals surface area (Å²) in [7, 11) is 0. The molecule has 0 radical (unpaired) electrons. The van der Waals surface area contributed by atoms with Gasteiger partial charge in [0.25, 0.3) is 0 Å². The van der Waals surface area contributed by atoms with Crippen LogP contribution in [0.1, 0.15) is 47.0 Å². The van der Waals surface area contributed by atoms with Crippen molar-refractivity contribution in [2.24, 2.45) is 28.2 Å². The van der Waals surface area contributed by atoms with Gasteiger partial charge in [0, 0.05) is 0 Å². The van der Waals surface area contributed by atoms with E-state index in [2.05, 4.69) is 32.7 Å². The predicted molar refractivity (Wildman–Crippen MR) is 60.3 cm³/mol. The van der Waals surface area contributed by atoms with Crippen LogP contribution in [-0.2, 0) is 4.79 Å². The molecule has 3 fully saturated rings. The molecule has 3 saturated carbocycles. The lowest BCUT2D eigenvalue weighted by Gasteiger charge is -2.62. The van der Waals surface area contributed by atoms with Crippen molar-refractivity contribution in [3.63, 3.8) is 0 Å². The van der Waals surface area contributed by atoms with Crippen LogP contribution in [0, 0.1) is 23.2 Å². The van der Waals surface area contributed by atoms with E-state index < -0.39 is 0 Å². The SMILES string of the molecule is CC(C)(N=C=O)C1CCC2CC1C2(C)C. The summed E-state index contributed by atoms with van der Waals surface area (Å²) in [6.07, 6.45) is 5.63. The normalized spacial score (nSPS) is 37.7. The van der Waals surface area contributed by atoms with Crippen LogP contribution < -0.4 is 0 Å². The van der Waals surface area contributed by atoms with Crippen molar-refractivity contribution in [1.82, 2.24) is 0 Å². The summed E-state index contributed by atoms with van der Waals surface area (Å²) in [4.78, 5) is 14.5. The molecular weight excluding hydrogens is 186 g/mol. The van der Waals surface area contributed by atoms with Crippen molar-refractivity contribution in [1.29, 1.82) is 0 Å². The Hall–Kier alpha value is -0.620. The van der Waals surface area contributed by atoms with Crippen molar-refractivity contribution >= 4 is 6.08 Å². The first-order chi connectivity index (χ1) is 6.89. The van der Waals surface area contributed by atoms with Crippen LogP contribution in [0.25, 0.3) is 0 Å². The number of carbonyl (C=O) groups excluding carboxylic acids is 1. The number of nitrogens with zero attached hydrogens (tertiary/aromatic N) is 1. The molecule has 0 amide bonds. The van der Waals surface area contributed by atoms with Crippen molar-refractivity contribution in [3.05, 3.63) is 0 Å². The first kappa shape index (κ1) is 10.9. The fourth-order valence-electron chi connectivity index (χ4n) is 3.86. The molecule has 3 aliphatic carbocycles. The molecule has 3 rings (SSSR count). The maximum absolute atomic E-state index is 10.5. The first-order valence-electron chi connectivity index (χ1n) is 5.98. The van der Waals surface area contributed by atoms with E-state index in [1.54, 1.807) is 6.08 Å². The van der Waals surface area contributed by atoms with Crippen LogP contribution in [0.4, 0.5) is 0 Å². The fourth-order valence-corrected chi connectivity index (χ4v) is 3.86. The molecular formula is C13H21NO. The van der Waals surface area contributed by atoms with Gasteiger partial charge in [0.2, 0.25) is 6.08 Å². The molecule has 0 aromatic heterocycles. The molecule has 3 atom stereocenters. The number of aliphatic imine (C=N–C) groups is 1. The minimum Gasteiger partial charge on any atom is -0.211 e. The summed E-state index contributed by atoms with van der Waals surface area (Å²) >= 11 is 0. The van der Waals surface area contributed by atoms with Gasteiger partial charge in [0.15, 0.2) is 0 Å². The lowest BCUT2D eigenvalue weighted by molar-refractivity contribution is -0.121. The highest BCUT2D eigenvalue weighted by Crippen LogP contribution is 2.63. The lowest BCUT2D eigenvalue weighted by Crippen LogP contribution is -2.56. The van der Waals surface area contributed by atoms with Crippen molar-refractivity contribution in [2.75, 3.05) is 0 Å². The van der Waals surface area contributed by atoms with Crippen LogP contribution in [-0.4, -0.2) is 11.6 Å². The van der Waals surface area contributed by atoms with Gasteiger partial charge < -0.3 is 0 Å². The summed E-state index contributed by atoms with van der Waals surface area (Å²) in [5.41, 5.74) is 0.258. The molecule has 2 nitrogen and oxygen atoms in total. The van der Waals surface area contributed by atoms with Gasteiger partial charge in [-0.1, -0.05) is 13.8 Å². The number of fused-ring (bicyclic) bond motifs is 2. The zero-order chi connectivity index (χ0) is 11.3. The Kier molecular flexibility index (Phi) is 2.31. The second kappa shape index (κ2) is 3.18. The molecule has 0 heterocycles. The average Bonchev–Trinajstić information content (AvgIpc) is 2.17. The van der Waals surface area contributed by atoms with Crippen LogP contribution in [0.2, 0.25) is 0 Å². The summed E-state index contributed by atoms with van der Waals surface area (Å²) in [6.45, 7) is 8.91. The summed E-state index contributed by atoms with van der Waals surface area (Å²) in [5.74, 6) is 2.23. The maximum Gasteiger partial charge on any atom is 0.235 e. The smallest absolute Gasteiger partial charge is 0.211 e. The van der Waals surface area contributed by atoms with Crippen molar-refractivity contribution in [3.8, 4) is 0 Å². The highest BCUT2D eigenvalue weighted by atomic mass is 16.1. The highest BCUT2D eigenvalue weighted by Gasteiger charge is 2.57. The summed E-state index contributed by atoms with van der Waals surface area (Å²) in [6, 6.07) is 0. The van der Waals surface area contributed by atoms with Gasteiger partial charge in [-0.25, -0.2) is 4.79 Å². The van der Waals surface area contributed by atoms with E-state index in [4.69, 9.17) is 0 Å². The van der Waals surface area contributed by atoms with Crippen LogP contribution in [0.5, 0.6) is 0 Å². The molecule has 2 heteroatoms. The van der Waals surface area contributed by atoms with Gasteiger partial charge in [-0.15, -0.1) is 0 Å².